The lowest BCUT2D eigenvalue weighted by Gasteiger charge is -2.21. The molecule has 1 aromatic rings. The van der Waals surface area contributed by atoms with Crippen molar-refractivity contribution in [3.63, 3.8) is 0 Å². The van der Waals surface area contributed by atoms with Gasteiger partial charge in [0.05, 0.1) is 13.0 Å². The summed E-state index contributed by atoms with van der Waals surface area (Å²) >= 11 is 0. The molecule has 0 radical (unpaired) electrons. The maximum Gasteiger partial charge on any atom is 0.314 e. The van der Waals surface area contributed by atoms with Gasteiger partial charge in [-0.3, -0.25) is 9.78 Å². The molecule has 2 heterocycles. The molecular formula is C13H18N2O2. The lowest BCUT2D eigenvalue weighted by atomic mass is 10.0. The molecule has 0 saturated carbocycles. The van der Waals surface area contributed by atoms with E-state index in [1.807, 2.05) is 12.1 Å². The molecule has 1 fully saturated rings. The summed E-state index contributed by atoms with van der Waals surface area (Å²) in [6.45, 7) is 2.89. The van der Waals surface area contributed by atoms with Crippen LogP contribution in [0, 0.1) is 0 Å². The Kier molecular flexibility index (Phi) is 4.09. The zero-order valence-corrected chi connectivity index (χ0v) is 10.1. The summed E-state index contributed by atoms with van der Waals surface area (Å²) in [5.41, 5.74) is 0.936. The first kappa shape index (κ1) is 12.0. The third-order valence-electron chi connectivity index (χ3n) is 3.21. The summed E-state index contributed by atoms with van der Waals surface area (Å²) < 4.78 is 4.88. The summed E-state index contributed by atoms with van der Waals surface area (Å²) in [5, 5.41) is 0. The van der Waals surface area contributed by atoms with E-state index in [4.69, 9.17) is 4.74 Å². The Morgan fingerprint density at radius 1 is 1.53 bits per heavy atom. The Bertz CT molecular complexity index is 361. The van der Waals surface area contributed by atoms with Crippen LogP contribution in [-0.4, -0.2) is 42.6 Å². The Hall–Kier alpha value is -1.42. The molecule has 4 heteroatoms. The van der Waals surface area contributed by atoms with E-state index in [1.54, 1.807) is 12.4 Å². The zero-order valence-electron chi connectivity index (χ0n) is 10.1. The first-order chi connectivity index (χ1) is 8.31. The predicted octanol–water partition coefficient (Wildman–Crippen LogP) is 1.43. The smallest absolute Gasteiger partial charge is 0.314 e. The molecule has 1 aliphatic heterocycles. The lowest BCUT2D eigenvalue weighted by Crippen LogP contribution is -2.30. The van der Waals surface area contributed by atoms with Crippen molar-refractivity contribution in [3.8, 4) is 0 Å². The number of aromatic nitrogens is 1. The van der Waals surface area contributed by atoms with Gasteiger partial charge in [-0.15, -0.1) is 0 Å². The fourth-order valence-corrected chi connectivity index (χ4v) is 2.26. The van der Waals surface area contributed by atoms with Crippen molar-refractivity contribution >= 4 is 5.97 Å². The standard InChI is InChI=1S/C13H18N2O2/c1-17-13(16)12(10-15-7-2-3-8-15)11-5-4-6-14-9-11/h4-6,9,12H,2-3,7-8,10H2,1H3. The monoisotopic (exact) mass is 234 g/mol. The van der Waals surface area contributed by atoms with Crippen molar-refractivity contribution < 1.29 is 9.53 Å². The number of nitrogens with zero attached hydrogens (tertiary/aromatic N) is 2. The van der Waals surface area contributed by atoms with Gasteiger partial charge in [0, 0.05) is 18.9 Å². The second kappa shape index (κ2) is 5.77. The quantitative estimate of drug-likeness (QED) is 0.739. The van der Waals surface area contributed by atoms with E-state index < -0.39 is 0 Å². The molecule has 0 N–H and O–H groups in total. The fourth-order valence-electron chi connectivity index (χ4n) is 2.26. The molecule has 1 unspecified atom stereocenters. The maximum absolute atomic E-state index is 11.8. The molecule has 1 saturated heterocycles. The molecule has 1 atom stereocenters. The predicted molar refractivity (Wildman–Crippen MR) is 64.7 cm³/mol. The van der Waals surface area contributed by atoms with Crippen LogP contribution in [-0.2, 0) is 9.53 Å². The summed E-state index contributed by atoms with van der Waals surface area (Å²) in [6.07, 6.45) is 5.91. The van der Waals surface area contributed by atoms with Gasteiger partial charge in [0.1, 0.15) is 0 Å². The molecule has 0 aromatic carbocycles. The number of hydrogen-bond acceptors (Lipinski definition) is 4. The van der Waals surface area contributed by atoms with E-state index in [-0.39, 0.29) is 11.9 Å². The lowest BCUT2D eigenvalue weighted by molar-refractivity contribution is -0.142. The van der Waals surface area contributed by atoms with Crippen LogP contribution in [0.5, 0.6) is 0 Å². The van der Waals surface area contributed by atoms with E-state index in [9.17, 15) is 4.79 Å². The number of methoxy groups -OCH3 is 1. The minimum absolute atomic E-state index is 0.176. The van der Waals surface area contributed by atoms with E-state index in [1.165, 1.54) is 20.0 Å². The summed E-state index contributed by atoms with van der Waals surface area (Å²) in [7, 11) is 1.44. The first-order valence-electron chi connectivity index (χ1n) is 6.01. The minimum atomic E-state index is -0.216. The van der Waals surface area contributed by atoms with E-state index >= 15 is 0 Å². The van der Waals surface area contributed by atoms with Gasteiger partial charge in [0.2, 0.25) is 0 Å². The topological polar surface area (TPSA) is 42.4 Å². The summed E-state index contributed by atoms with van der Waals surface area (Å²) in [6, 6.07) is 3.79. The van der Waals surface area contributed by atoms with Crippen LogP contribution in [0.15, 0.2) is 24.5 Å². The van der Waals surface area contributed by atoms with Crippen molar-refractivity contribution in [3.05, 3.63) is 30.1 Å². The fraction of sp³-hybridized carbons (Fsp3) is 0.538. The number of carbonyl (C=O) groups is 1. The summed E-state index contributed by atoms with van der Waals surface area (Å²) in [5.74, 6) is -0.392. The van der Waals surface area contributed by atoms with E-state index in [2.05, 4.69) is 9.88 Å². The van der Waals surface area contributed by atoms with Gasteiger partial charge in [-0.05, 0) is 37.6 Å². The average molecular weight is 234 g/mol. The molecule has 2 rings (SSSR count). The van der Waals surface area contributed by atoms with E-state index in [0.29, 0.717) is 0 Å². The van der Waals surface area contributed by atoms with Crippen LogP contribution >= 0.6 is 0 Å². The molecule has 92 valence electrons. The summed E-state index contributed by atoms with van der Waals surface area (Å²) in [4.78, 5) is 18.2. The van der Waals surface area contributed by atoms with E-state index in [0.717, 1.165) is 25.2 Å². The third-order valence-corrected chi connectivity index (χ3v) is 3.21. The van der Waals surface area contributed by atoms with Crippen molar-refractivity contribution in [1.82, 2.24) is 9.88 Å². The highest BCUT2D eigenvalue weighted by Gasteiger charge is 2.25. The van der Waals surface area contributed by atoms with Gasteiger partial charge >= 0.3 is 5.97 Å². The highest BCUT2D eigenvalue weighted by atomic mass is 16.5. The highest BCUT2D eigenvalue weighted by Crippen LogP contribution is 2.20. The number of pyridine rings is 1. The van der Waals surface area contributed by atoms with Gasteiger partial charge in [-0.2, -0.15) is 0 Å². The molecule has 0 spiro atoms. The third kappa shape index (κ3) is 3.03. The molecule has 17 heavy (non-hydrogen) atoms. The Morgan fingerprint density at radius 2 is 2.29 bits per heavy atom. The average Bonchev–Trinajstić information content (AvgIpc) is 2.89. The van der Waals surface area contributed by atoms with Crippen LogP contribution in [0.25, 0.3) is 0 Å². The van der Waals surface area contributed by atoms with Gasteiger partial charge < -0.3 is 9.64 Å². The molecule has 0 amide bonds. The Labute approximate surface area is 102 Å². The minimum Gasteiger partial charge on any atom is -0.469 e. The Morgan fingerprint density at radius 3 is 2.88 bits per heavy atom. The van der Waals surface area contributed by atoms with Crippen molar-refractivity contribution in [1.29, 1.82) is 0 Å². The van der Waals surface area contributed by atoms with Gasteiger partial charge in [-0.1, -0.05) is 6.07 Å². The van der Waals surface area contributed by atoms with Crippen LogP contribution in [0.3, 0.4) is 0 Å². The SMILES string of the molecule is COC(=O)C(CN1CCCC1)c1cccnc1. The number of esters is 1. The van der Waals surface area contributed by atoms with Gasteiger partial charge in [-0.25, -0.2) is 0 Å². The first-order valence-corrected chi connectivity index (χ1v) is 6.01. The molecule has 1 aliphatic rings. The van der Waals surface area contributed by atoms with Crippen molar-refractivity contribution in [2.24, 2.45) is 0 Å². The number of rotatable bonds is 4. The highest BCUT2D eigenvalue weighted by molar-refractivity contribution is 5.78. The normalized spacial score (nSPS) is 17.9. The number of likely N-dealkylation sites (tertiary alicyclic amines) is 1. The van der Waals surface area contributed by atoms with Crippen LogP contribution in [0.4, 0.5) is 0 Å². The molecule has 0 aliphatic carbocycles. The molecule has 0 bridgehead atoms. The molecular weight excluding hydrogens is 216 g/mol. The van der Waals surface area contributed by atoms with Crippen molar-refractivity contribution in [2.75, 3.05) is 26.7 Å². The second-order valence-corrected chi connectivity index (χ2v) is 4.37. The molecule has 1 aromatic heterocycles. The largest absolute Gasteiger partial charge is 0.469 e. The Balaban J connectivity index is 2.10. The van der Waals surface area contributed by atoms with Crippen LogP contribution in [0.1, 0.15) is 24.3 Å². The zero-order chi connectivity index (χ0) is 12.1. The molecule has 4 nitrogen and oxygen atoms in total. The van der Waals surface area contributed by atoms with Gasteiger partial charge in [0.25, 0.3) is 0 Å². The number of hydrogen-bond donors (Lipinski definition) is 0. The van der Waals surface area contributed by atoms with Crippen LogP contribution < -0.4 is 0 Å². The van der Waals surface area contributed by atoms with Gasteiger partial charge in [0.15, 0.2) is 0 Å². The van der Waals surface area contributed by atoms with Crippen molar-refractivity contribution in [2.45, 2.75) is 18.8 Å². The number of ether oxygens (including phenoxy) is 1. The van der Waals surface area contributed by atoms with Crippen LogP contribution in [0.2, 0.25) is 0 Å². The maximum atomic E-state index is 11.8. The number of carbonyl (C=O) groups excluding carboxylic acids is 1. The second-order valence-electron chi connectivity index (χ2n) is 4.37.